The van der Waals surface area contributed by atoms with E-state index in [1.807, 2.05) is 0 Å². The molecule has 1 aromatic carbocycles. The number of nitrogens with zero attached hydrogens (tertiary/aromatic N) is 3. The highest BCUT2D eigenvalue weighted by Gasteiger charge is 2.48. The molecule has 0 amide bonds. The second kappa shape index (κ2) is 6.44. The molecule has 2 rings (SSSR count). The van der Waals surface area contributed by atoms with Gasteiger partial charge in [-0.05, 0) is 26.0 Å². The highest BCUT2D eigenvalue weighted by Crippen LogP contribution is 2.37. The molecule has 1 aliphatic heterocycles. The van der Waals surface area contributed by atoms with E-state index in [0.29, 0.717) is 0 Å². The van der Waals surface area contributed by atoms with E-state index in [1.165, 1.54) is 19.1 Å². The first-order chi connectivity index (χ1) is 11.2. The van der Waals surface area contributed by atoms with Crippen molar-refractivity contribution in [2.24, 2.45) is 5.10 Å². The summed E-state index contributed by atoms with van der Waals surface area (Å²) >= 11 is 5.77. The van der Waals surface area contributed by atoms with Crippen molar-refractivity contribution in [2.45, 2.75) is 25.8 Å². The molecule has 9 nitrogen and oxygen atoms in total. The summed E-state index contributed by atoms with van der Waals surface area (Å²) < 4.78 is 4.85. The first-order valence-electron chi connectivity index (χ1n) is 6.93. The van der Waals surface area contributed by atoms with Crippen LogP contribution in [0.15, 0.2) is 23.3 Å². The molecule has 1 atom stereocenters. The molecule has 1 N–H and O–H groups in total. The van der Waals surface area contributed by atoms with Gasteiger partial charge in [0.05, 0.1) is 17.2 Å². The molecule has 1 heterocycles. The van der Waals surface area contributed by atoms with Crippen LogP contribution in [0.4, 0.5) is 11.4 Å². The average Bonchev–Trinajstić information content (AvgIpc) is 2.87. The Morgan fingerprint density at radius 3 is 2.75 bits per heavy atom. The van der Waals surface area contributed by atoms with Crippen molar-refractivity contribution in [3.8, 4) is 0 Å². The molecule has 0 saturated heterocycles. The number of carbonyl (C=O) groups excluding carboxylic acids is 1. The van der Waals surface area contributed by atoms with Gasteiger partial charge in [-0.25, -0.2) is 14.6 Å². The van der Waals surface area contributed by atoms with Gasteiger partial charge in [0, 0.05) is 12.5 Å². The van der Waals surface area contributed by atoms with Crippen LogP contribution >= 0.6 is 11.6 Å². The van der Waals surface area contributed by atoms with E-state index < -0.39 is 22.4 Å². The minimum absolute atomic E-state index is 0.0700. The van der Waals surface area contributed by atoms with Gasteiger partial charge in [0.25, 0.3) is 5.69 Å². The number of carboxylic acids is 1. The Labute approximate surface area is 141 Å². The van der Waals surface area contributed by atoms with E-state index in [2.05, 4.69) is 5.10 Å². The number of hydrogen-bond donors (Lipinski definition) is 1. The predicted octanol–water partition coefficient (Wildman–Crippen LogP) is 2.22. The van der Waals surface area contributed by atoms with Crippen molar-refractivity contribution in [1.82, 2.24) is 0 Å². The third-order valence-electron chi connectivity index (χ3n) is 3.54. The van der Waals surface area contributed by atoms with Crippen LogP contribution in [0.25, 0.3) is 0 Å². The van der Waals surface area contributed by atoms with E-state index >= 15 is 0 Å². The lowest BCUT2D eigenvalue weighted by atomic mass is 9.95. The van der Waals surface area contributed by atoms with E-state index in [0.717, 1.165) is 11.1 Å². The molecule has 1 unspecified atom stereocenters. The van der Waals surface area contributed by atoms with Crippen LogP contribution in [-0.4, -0.2) is 39.8 Å². The number of benzene rings is 1. The molecule has 1 aromatic rings. The standard InChI is InChI=1S/C14H14ClN3O6/c1-3-24-12(19)10-7-14(2,13(20)21)17(16-10)8-4-5-9(15)11(6-8)18(22)23/h4-6H,3,7H2,1-2H3,(H,20,21). The Kier molecular flexibility index (Phi) is 4.74. The molecule has 24 heavy (non-hydrogen) atoms. The van der Waals surface area contributed by atoms with Gasteiger partial charge in [0.1, 0.15) is 10.7 Å². The van der Waals surface area contributed by atoms with E-state index in [9.17, 15) is 24.8 Å². The Morgan fingerprint density at radius 1 is 1.54 bits per heavy atom. The smallest absolute Gasteiger partial charge is 0.354 e. The monoisotopic (exact) mass is 355 g/mol. The maximum absolute atomic E-state index is 11.9. The maximum Gasteiger partial charge on any atom is 0.354 e. The zero-order valence-corrected chi connectivity index (χ0v) is 13.6. The number of hydrogen-bond acceptors (Lipinski definition) is 7. The molecule has 0 radical (unpaired) electrons. The number of nitro benzene ring substituents is 1. The van der Waals surface area contributed by atoms with Crippen LogP contribution in [0.5, 0.6) is 0 Å². The number of carbonyl (C=O) groups is 2. The number of rotatable bonds is 5. The van der Waals surface area contributed by atoms with Crippen molar-refractivity contribution in [1.29, 1.82) is 0 Å². The normalized spacial score (nSPS) is 19.8. The third-order valence-corrected chi connectivity index (χ3v) is 3.86. The number of carboxylic acid groups (broad SMARTS) is 1. The Hall–Kier alpha value is -2.68. The minimum Gasteiger partial charge on any atom is -0.479 e. The number of anilines is 1. The molecule has 0 saturated carbocycles. The number of nitro groups is 1. The molecule has 0 bridgehead atoms. The van der Waals surface area contributed by atoms with E-state index in [-0.39, 0.29) is 35.1 Å². The molecule has 1 aliphatic rings. The number of hydrazone groups is 1. The molecular weight excluding hydrogens is 342 g/mol. The fourth-order valence-electron chi connectivity index (χ4n) is 2.28. The molecule has 0 aliphatic carbocycles. The van der Waals surface area contributed by atoms with Crippen LogP contribution in [-0.2, 0) is 14.3 Å². The second-order valence-electron chi connectivity index (χ2n) is 5.23. The third kappa shape index (κ3) is 3.02. The van der Waals surface area contributed by atoms with Gasteiger partial charge in [-0.15, -0.1) is 0 Å². The Morgan fingerprint density at radius 2 is 2.21 bits per heavy atom. The highest BCUT2D eigenvalue weighted by molar-refractivity contribution is 6.38. The van der Waals surface area contributed by atoms with Crippen LogP contribution in [0.2, 0.25) is 5.02 Å². The first-order valence-corrected chi connectivity index (χ1v) is 7.30. The number of esters is 1. The summed E-state index contributed by atoms with van der Waals surface area (Å²) in [6.45, 7) is 3.10. The topological polar surface area (TPSA) is 122 Å². The zero-order valence-electron chi connectivity index (χ0n) is 12.9. The van der Waals surface area contributed by atoms with Crippen molar-refractivity contribution < 1.29 is 24.4 Å². The maximum atomic E-state index is 11.9. The van der Waals surface area contributed by atoms with Gasteiger partial charge in [0.15, 0.2) is 5.54 Å². The Bertz CT molecular complexity index is 750. The molecular formula is C14H14ClN3O6. The van der Waals surface area contributed by atoms with Gasteiger partial charge in [0.2, 0.25) is 0 Å². The number of ether oxygens (including phenoxy) is 1. The lowest BCUT2D eigenvalue weighted by Gasteiger charge is -2.29. The number of aliphatic carboxylic acids is 1. The van der Waals surface area contributed by atoms with Crippen LogP contribution in [0, 0.1) is 10.1 Å². The predicted molar refractivity (Wildman–Crippen MR) is 85.3 cm³/mol. The zero-order chi connectivity index (χ0) is 18.1. The average molecular weight is 356 g/mol. The van der Waals surface area contributed by atoms with Crippen LogP contribution in [0.3, 0.4) is 0 Å². The molecule has 10 heteroatoms. The number of halogens is 1. The second-order valence-corrected chi connectivity index (χ2v) is 5.63. The summed E-state index contributed by atoms with van der Waals surface area (Å²) in [7, 11) is 0. The van der Waals surface area contributed by atoms with Gasteiger partial charge >= 0.3 is 11.9 Å². The molecule has 128 valence electrons. The molecule has 0 spiro atoms. The van der Waals surface area contributed by atoms with Gasteiger partial charge in [-0.1, -0.05) is 11.6 Å². The van der Waals surface area contributed by atoms with Gasteiger partial charge in [-0.2, -0.15) is 5.10 Å². The summed E-state index contributed by atoms with van der Waals surface area (Å²) in [4.78, 5) is 33.9. The molecule has 0 fully saturated rings. The van der Waals surface area contributed by atoms with Crippen molar-refractivity contribution in [3.63, 3.8) is 0 Å². The van der Waals surface area contributed by atoms with Crippen LogP contribution in [0.1, 0.15) is 20.3 Å². The lowest BCUT2D eigenvalue weighted by Crippen LogP contribution is -2.47. The largest absolute Gasteiger partial charge is 0.479 e. The minimum atomic E-state index is -1.58. The van der Waals surface area contributed by atoms with Crippen molar-refractivity contribution in [2.75, 3.05) is 11.6 Å². The van der Waals surface area contributed by atoms with Crippen molar-refractivity contribution >= 4 is 40.6 Å². The fraction of sp³-hybridized carbons (Fsp3) is 0.357. The molecule has 0 aromatic heterocycles. The van der Waals surface area contributed by atoms with Gasteiger partial charge < -0.3 is 9.84 Å². The summed E-state index contributed by atoms with van der Waals surface area (Å²) in [6, 6.07) is 3.78. The first kappa shape index (κ1) is 17.7. The lowest BCUT2D eigenvalue weighted by molar-refractivity contribution is -0.384. The SMILES string of the molecule is CCOC(=O)C1=NN(c2ccc(Cl)c([N+](=O)[O-])c2)C(C)(C(=O)O)C1. The highest BCUT2D eigenvalue weighted by atomic mass is 35.5. The summed E-state index contributed by atoms with van der Waals surface area (Å²) in [5, 5.41) is 25.5. The fourth-order valence-corrected chi connectivity index (χ4v) is 2.46. The van der Waals surface area contributed by atoms with Gasteiger partial charge in [-0.3, -0.25) is 10.1 Å². The quantitative estimate of drug-likeness (QED) is 0.488. The summed E-state index contributed by atoms with van der Waals surface area (Å²) in [6.07, 6.45) is -0.197. The Balaban J connectivity index is 2.51. The summed E-state index contributed by atoms with van der Waals surface area (Å²) in [5.74, 6) is -1.96. The van der Waals surface area contributed by atoms with E-state index in [1.54, 1.807) is 6.92 Å². The summed E-state index contributed by atoms with van der Waals surface area (Å²) in [5.41, 5.74) is -1.90. The van der Waals surface area contributed by atoms with Crippen LogP contribution < -0.4 is 5.01 Å². The van der Waals surface area contributed by atoms with E-state index in [4.69, 9.17) is 16.3 Å². The van der Waals surface area contributed by atoms with Crippen molar-refractivity contribution in [3.05, 3.63) is 33.3 Å².